The van der Waals surface area contributed by atoms with E-state index in [-0.39, 0.29) is 0 Å². The fourth-order valence-corrected chi connectivity index (χ4v) is 2.32. The molecule has 0 radical (unpaired) electrons. The molecule has 0 amide bonds. The maximum absolute atomic E-state index is 6.00. The van der Waals surface area contributed by atoms with Crippen LogP contribution in [-0.4, -0.2) is 5.88 Å². The Morgan fingerprint density at radius 3 is 2.65 bits per heavy atom. The molecule has 0 saturated carbocycles. The summed E-state index contributed by atoms with van der Waals surface area (Å²) in [5, 5.41) is 0.772. The predicted molar refractivity (Wildman–Crippen MR) is 71.8 cm³/mol. The number of benzene rings is 1. The van der Waals surface area contributed by atoms with Crippen LogP contribution < -0.4 is 0 Å². The summed E-state index contributed by atoms with van der Waals surface area (Å²) < 4.78 is 5.34. The van der Waals surface area contributed by atoms with Gasteiger partial charge in [0.05, 0.1) is 6.26 Å². The lowest BCUT2D eigenvalue weighted by Gasteiger charge is -2.12. The molecule has 90 valence electrons. The average Bonchev–Trinajstić information content (AvgIpc) is 2.81. The lowest BCUT2D eigenvalue weighted by molar-refractivity contribution is 0.458. The van der Waals surface area contributed by atoms with Crippen molar-refractivity contribution in [2.45, 2.75) is 12.8 Å². The Morgan fingerprint density at radius 1 is 1.12 bits per heavy atom. The molecule has 0 saturated heterocycles. The van der Waals surface area contributed by atoms with Crippen LogP contribution in [0.1, 0.15) is 11.3 Å². The average molecular weight is 269 g/mol. The van der Waals surface area contributed by atoms with Crippen molar-refractivity contribution in [1.29, 1.82) is 0 Å². The van der Waals surface area contributed by atoms with Crippen LogP contribution in [0.2, 0.25) is 5.02 Å². The Hall–Kier alpha value is -0.920. The van der Waals surface area contributed by atoms with E-state index in [1.807, 2.05) is 30.3 Å². The Balaban J connectivity index is 2.00. The Labute approximate surface area is 111 Å². The highest BCUT2D eigenvalue weighted by Gasteiger charge is 2.11. The monoisotopic (exact) mass is 268 g/mol. The van der Waals surface area contributed by atoms with E-state index in [1.165, 1.54) is 5.56 Å². The summed E-state index contributed by atoms with van der Waals surface area (Å²) in [6.45, 7) is 0. The maximum atomic E-state index is 6.00. The van der Waals surface area contributed by atoms with Crippen LogP contribution in [0.25, 0.3) is 0 Å². The zero-order chi connectivity index (χ0) is 12.1. The van der Waals surface area contributed by atoms with Crippen molar-refractivity contribution < 1.29 is 4.42 Å². The van der Waals surface area contributed by atoms with Crippen LogP contribution in [0.15, 0.2) is 47.1 Å². The minimum Gasteiger partial charge on any atom is -0.469 e. The van der Waals surface area contributed by atoms with Crippen LogP contribution in [0.5, 0.6) is 0 Å². The standard InChI is InChI=1S/C14H14Cl2O/c15-10-12(9-14-5-2-6-17-14)7-11-3-1-4-13(16)8-11/h1-6,8,12H,7,9-10H2. The minimum absolute atomic E-state index is 0.376. The normalized spacial score (nSPS) is 12.6. The number of hydrogen-bond acceptors (Lipinski definition) is 1. The van der Waals surface area contributed by atoms with Gasteiger partial charge < -0.3 is 4.42 Å². The summed E-state index contributed by atoms with van der Waals surface area (Å²) in [6.07, 6.45) is 3.48. The van der Waals surface area contributed by atoms with Crippen molar-refractivity contribution in [3.05, 3.63) is 59.0 Å². The van der Waals surface area contributed by atoms with E-state index in [1.54, 1.807) is 6.26 Å². The first-order valence-corrected chi connectivity index (χ1v) is 6.52. The number of alkyl halides is 1. The molecule has 1 aromatic carbocycles. The summed E-state index contributed by atoms with van der Waals surface area (Å²) in [5.74, 6) is 1.98. The molecule has 2 rings (SSSR count). The smallest absolute Gasteiger partial charge is 0.104 e. The molecular weight excluding hydrogens is 255 g/mol. The molecule has 2 aromatic rings. The number of halogens is 2. The van der Waals surface area contributed by atoms with Gasteiger partial charge in [-0.25, -0.2) is 0 Å². The topological polar surface area (TPSA) is 13.1 Å². The van der Waals surface area contributed by atoms with E-state index in [4.69, 9.17) is 27.6 Å². The minimum atomic E-state index is 0.376. The van der Waals surface area contributed by atoms with Crippen molar-refractivity contribution in [3.8, 4) is 0 Å². The fourth-order valence-electron chi connectivity index (χ4n) is 1.89. The van der Waals surface area contributed by atoms with Crippen LogP contribution in [0.4, 0.5) is 0 Å². The Bertz CT molecular complexity index is 451. The van der Waals surface area contributed by atoms with Crippen LogP contribution in [0, 0.1) is 5.92 Å². The second-order valence-corrected chi connectivity index (χ2v) is 4.88. The molecule has 0 aliphatic carbocycles. The van der Waals surface area contributed by atoms with E-state index >= 15 is 0 Å². The predicted octanol–water partition coefficient (Wildman–Crippen LogP) is 4.57. The largest absolute Gasteiger partial charge is 0.469 e. The van der Waals surface area contributed by atoms with Crippen LogP contribution >= 0.6 is 23.2 Å². The van der Waals surface area contributed by atoms with Gasteiger partial charge in [-0.1, -0.05) is 23.7 Å². The van der Waals surface area contributed by atoms with Gasteiger partial charge >= 0.3 is 0 Å². The molecule has 1 heterocycles. The molecule has 0 aliphatic rings. The zero-order valence-electron chi connectivity index (χ0n) is 9.40. The van der Waals surface area contributed by atoms with Crippen molar-refractivity contribution in [2.24, 2.45) is 5.92 Å². The molecule has 0 aliphatic heterocycles. The van der Waals surface area contributed by atoms with Gasteiger partial charge in [-0.3, -0.25) is 0 Å². The van der Waals surface area contributed by atoms with Crippen LogP contribution in [-0.2, 0) is 12.8 Å². The number of rotatable bonds is 5. The lowest BCUT2D eigenvalue weighted by Crippen LogP contribution is -2.09. The van der Waals surface area contributed by atoms with E-state index in [2.05, 4.69) is 6.07 Å². The highest BCUT2D eigenvalue weighted by atomic mass is 35.5. The maximum Gasteiger partial charge on any atom is 0.104 e. The second kappa shape index (κ2) is 6.13. The van der Waals surface area contributed by atoms with Gasteiger partial charge in [0.2, 0.25) is 0 Å². The molecule has 1 unspecified atom stereocenters. The SMILES string of the molecule is ClCC(Cc1cccc(Cl)c1)Cc1ccco1. The number of furan rings is 1. The molecule has 1 atom stereocenters. The summed E-state index contributed by atoms with van der Waals surface area (Å²) >= 11 is 12.0. The first-order valence-electron chi connectivity index (χ1n) is 5.60. The third kappa shape index (κ3) is 3.79. The molecular formula is C14H14Cl2O. The Kier molecular flexibility index (Phi) is 4.52. The molecule has 0 bridgehead atoms. The van der Waals surface area contributed by atoms with Crippen molar-refractivity contribution in [2.75, 3.05) is 5.88 Å². The van der Waals surface area contributed by atoms with Gasteiger partial charge in [0, 0.05) is 17.3 Å². The molecule has 0 N–H and O–H groups in total. The number of hydrogen-bond donors (Lipinski definition) is 0. The quantitative estimate of drug-likeness (QED) is 0.724. The summed E-state index contributed by atoms with van der Waals surface area (Å²) in [7, 11) is 0. The molecule has 1 nitrogen and oxygen atoms in total. The third-order valence-corrected chi connectivity index (χ3v) is 3.37. The van der Waals surface area contributed by atoms with E-state index in [9.17, 15) is 0 Å². The summed E-state index contributed by atoms with van der Waals surface area (Å²) in [5.41, 5.74) is 1.22. The van der Waals surface area contributed by atoms with E-state index in [0.717, 1.165) is 23.6 Å². The molecule has 0 spiro atoms. The van der Waals surface area contributed by atoms with Gasteiger partial charge in [-0.2, -0.15) is 0 Å². The fraction of sp³-hybridized carbons (Fsp3) is 0.286. The second-order valence-electron chi connectivity index (χ2n) is 4.14. The van der Waals surface area contributed by atoms with Crippen LogP contribution in [0.3, 0.4) is 0 Å². The zero-order valence-corrected chi connectivity index (χ0v) is 10.9. The molecule has 1 aromatic heterocycles. The lowest BCUT2D eigenvalue weighted by atomic mass is 9.97. The van der Waals surface area contributed by atoms with Gasteiger partial charge in [0.1, 0.15) is 5.76 Å². The molecule has 0 fully saturated rings. The van der Waals surface area contributed by atoms with Gasteiger partial charge in [0.15, 0.2) is 0 Å². The third-order valence-electron chi connectivity index (χ3n) is 2.70. The highest BCUT2D eigenvalue weighted by molar-refractivity contribution is 6.30. The van der Waals surface area contributed by atoms with Gasteiger partial charge in [-0.05, 0) is 42.2 Å². The van der Waals surface area contributed by atoms with Crippen molar-refractivity contribution in [3.63, 3.8) is 0 Å². The van der Waals surface area contributed by atoms with Gasteiger partial charge in [0.25, 0.3) is 0 Å². The summed E-state index contributed by atoms with van der Waals surface area (Å²) in [4.78, 5) is 0. The highest BCUT2D eigenvalue weighted by Crippen LogP contribution is 2.19. The first kappa shape index (κ1) is 12.5. The first-order chi connectivity index (χ1) is 8.28. The van der Waals surface area contributed by atoms with E-state index in [0.29, 0.717) is 11.8 Å². The summed E-state index contributed by atoms with van der Waals surface area (Å²) in [6, 6.07) is 11.8. The van der Waals surface area contributed by atoms with E-state index < -0.39 is 0 Å². The van der Waals surface area contributed by atoms with Crippen molar-refractivity contribution >= 4 is 23.2 Å². The molecule has 3 heteroatoms. The van der Waals surface area contributed by atoms with Crippen molar-refractivity contribution in [1.82, 2.24) is 0 Å². The Morgan fingerprint density at radius 2 is 2.00 bits per heavy atom. The van der Waals surface area contributed by atoms with Gasteiger partial charge in [-0.15, -0.1) is 11.6 Å². The molecule has 17 heavy (non-hydrogen) atoms.